The van der Waals surface area contributed by atoms with Gasteiger partial charge in [0, 0.05) is 13.1 Å². The summed E-state index contributed by atoms with van der Waals surface area (Å²) in [5, 5.41) is 24.2. The van der Waals surface area contributed by atoms with Gasteiger partial charge in [0.1, 0.15) is 29.5 Å². The first-order valence-electron chi connectivity index (χ1n) is 12.0. The molecule has 1 fully saturated rings. The standard InChI is InChI=1S/C24H36N6O7/c1-24(2,3)37-23(36)29-18(14-8-10-15(31)11-9-14)20(33)30-13-5-7-17(30)19(32)28-16(21(34)35)6-4-12-27-22(25)26/h8-11,16-18,31H,4-7,12-13H2,1-3H3,(H,28,32)(H,29,36)(H,34,35)(H4,25,26,27)/t16-,17-,18+/m0/s1. The maximum absolute atomic E-state index is 13.6. The first kappa shape index (κ1) is 29.2. The number of alkyl carbamates (subject to hydrolysis) is 1. The van der Waals surface area contributed by atoms with Gasteiger partial charge in [0.2, 0.25) is 5.91 Å². The number of likely N-dealkylation sites (tertiary alicyclic amines) is 1. The van der Waals surface area contributed by atoms with Crippen molar-refractivity contribution in [2.45, 2.75) is 70.2 Å². The van der Waals surface area contributed by atoms with Crippen molar-refractivity contribution in [3.8, 4) is 5.75 Å². The largest absolute Gasteiger partial charge is 0.508 e. The smallest absolute Gasteiger partial charge is 0.408 e. The molecular formula is C24H36N6O7. The van der Waals surface area contributed by atoms with Crippen LogP contribution >= 0.6 is 0 Å². The minimum Gasteiger partial charge on any atom is -0.508 e. The Bertz CT molecular complexity index is 1000. The number of amides is 3. The quantitative estimate of drug-likeness (QED) is 0.144. The summed E-state index contributed by atoms with van der Waals surface area (Å²) in [6.07, 6.45) is 0.430. The first-order chi connectivity index (χ1) is 17.3. The molecule has 1 aliphatic heterocycles. The fraction of sp³-hybridized carbons (Fsp3) is 0.542. The Morgan fingerprint density at radius 3 is 2.38 bits per heavy atom. The molecule has 0 bridgehead atoms. The molecule has 0 unspecified atom stereocenters. The number of aromatic hydroxyl groups is 1. The number of nitrogens with zero attached hydrogens (tertiary/aromatic N) is 2. The van der Waals surface area contributed by atoms with E-state index in [-0.39, 0.29) is 31.2 Å². The van der Waals surface area contributed by atoms with Crippen LogP contribution in [0.3, 0.4) is 0 Å². The van der Waals surface area contributed by atoms with Crippen molar-refractivity contribution >= 4 is 29.8 Å². The fourth-order valence-electron chi connectivity index (χ4n) is 3.88. The van der Waals surface area contributed by atoms with Crippen LogP contribution in [0.5, 0.6) is 5.75 Å². The molecule has 0 spiro atoms. The monoisotopic (exact) mass is 520 g/mol. The number of hydrogen-bond donors (Lipinski definition) is 6. The van der Waals surface area contributed by atoms with Crippen LogP contribution in [0, 0.1) is 0 Å². The first-order valence-corrected chi connectivity index (χ1v) is 12.0. The third-order valence-corrected chi connectivity index (χ3v) is 5.53. The maximum Gasteiger partial charge on any atom is 0.408 e. The van der Waals surface area contributed by atoms with Crippen molar-refractivity contribution in [2.75, 3.05) is 13.1 Å². The number of rotatable bonds is 10. The molecule has 0 saturated carbocycles. The van der Waals surface area contributed by atoms with Gasteiger partial charge in [-0.15, -0.1) is 0 Å². The van der Waals surface area contributed by atoms with Crippen LogP contribution in [0.15, 0.2) is 29.3 Å². The Hall–Kier alpha value is -4.03. The van der Waals surface area contributed by atoms with Crippen LogP contribution in [0.25, 0.3) is 0 Å². The Morgan fingerprint density at radius 2 is 1.81 bits per heavy atom. The zero-order valence-corrected chi connectivity index (χ0v) is 21.3. The lowest BCUT2D eigenvalue weighted by Gasteiger charge is -2.30. The molecule has 13 heteroatoms. The highest BCUT2D eigenvalue weighted by Crippen LogP contribution is 2.26. The second-order valence-corrected chi connectivity index (χ2v) is 9.71. The highest BCUT2D eigenvalue weighted by atomic mass is 16.6. The highest BCUT2D eigenvalue weighted by molar-refractivity contribution is 5.94. The van der Waals surface area contributed by atoms with Gasteiger partial charge in [-0.1, -0.05) is 12.1 Å². The lowest BCUT2D eigenvalue weighted by Crippen LogP contribution is -2.53. The molecule has 3 atom stereocenters. The fourth-order valence-corrected chi connectivity index (χ4v) is 3.88. The van der Waals surface area contributed by atoms with Gasteiger partial charge >= 0.3 is 12.1 Å². The van der Waals surface area contributed by atoms with E-state index in [4.69, 9.17) is 16.2 Å². The summed E-state index contributed by atoms with van der Waals surface area (Å²) < 4.78 is 5.30. The number of carbonyl (C=O) groups excluding carboxylic acids is 3. The molecular weight excluding hydrogens is 484 g/mol. The van der Waals surface area contributed by atoms with E-state index in [0.717, 1.165) is 0 Å². The lowest BCUT2D eigenvalue weighted by atomic mass is 10.0. The minimum atomic E-state index is -1.22. The SMILES string of the molecule is CC(C)(C)OC(=O)N[C@@H](C(=O)N1CCC[C@H]1C(=O)N[C@@H](CCCN=C(N)N)C(=O)O)c1ccc(O)cc1. The van der Waals surface area contributed by atoms with Crippen LogP contribution in [0.4, 0.5) is 4.79 Å². The van der Waals surface area contributed by atoms with Crippen LogP contribution in [-0.2, 0) is 19.1 Å². The van der Waals surface area contributed by atoms with Gasteiger partial charge in [0.25, 0.3) is 5.91 Å². The number of guanidine groups is 1. The van der Waals surface area contributed by atoms with Gasteiger partial charge in [-0.2, -0.15) is 0 Å². The Kier molecular flexibility index (Phi) is 10.1. The summed E-state index contributed by atoms with van der Waals surface area (Å²) in [5.74, 6) is -2.53. The number of carbonyl (C=O) groups is 4. The van der Waals surface area contributed by atoms with Crippen LogP contribution in [0.2, 0.25) is 0 Å². The highest BCUT2D eigenvalue weighted by Gasteiger charge is 2.39. The Labute approximate surface area is 215 Å². The van der Waals surface area contributed by atoms with Crippen LogP contribution in [0.1, 0.15) is 58.1 Å². The van der Waals surface area contributed by atoms with Gasteiger partial charge in [-0.25, -0.2) is 9.59 Å². The Balaban J connectivity index is 2.19. The Morgan fingerprint density at radius 1 is 1.16 bits per heavy atom. The number of nitrogens with one attached hydrogen (secondary N) is 2. The molecule has 1 aromatic rings. The predicted octanol–water partition coefficient (Wildman–Crippen LogP) is 0.572. The molecule has 204 valence electrons. The number of phenolic OH excluding ortho intramolecular Hbond substituents is 1. The molecule has 0 aromatic heterocycles. The third kappa shape index (κ3) is 9.17. The molecule has 1 aromatic carbocycles. The van der Waals surface area contributed by atoms with E-state index in [9.17, 15) is 29.4 Å². The zero-order valence-electron chi connectivity index (χ0n) is 21.3. The van der Waals surface area contributed by atoms with Gasteiger partial charge in [-0.3, -0.25) is 14.6 Å². The molecule has 2 rings (SSSR count). The molecule has 0 aliphatic carbocycles. The van der Waals surface area contributed by atoms with Crippen molar-refractivity contribution in [1.82, 2.24) is 15.5 Å². The second kappa shape index (κ2) is 12.8. The van der Waals surface area contributed by atoms with E-state index < -0.39 is 47.6 Å². The van der Waals surface area contributed by atoms with E-state index in [0.29, 0.717) is 24.8 Å². The number of benzene rings is 1. The van der Waals surface area contributed by atoms with Crippen LogP contribution < -0.4 is 22.1 Å². The molecule has 1 aliphatic rings. The van der Waals surface area contributed by atoms with Gasteiger partial charge in [0.05, 0.1) is 0 Å². The number of carboxylic acid groups (broad SMARTS) is 1. The molecule has 8 N–H and O–H groups in total. The average molecular weight is 521 g/mol. The summed E-state index contributed by atoms with van der Waals surface area (Å²) in [6, 6.07) is 2.41. The number of aliphatic carboxylic acids is 1. The zero-order chi connectivity index (χ0) is 27.8. The molecule has 13 nitrogen and oxygen atoms in total. The van der Waals surface area contributed by atoms with E-state index >= 15 is 0 Å². The molecule has 1 saturated heterocycles. The van der Waals surface area contributed by atoms with Crippen molar-refractivity contribution in [3.63, 3.8) is 0 Å². The molecule has 3 amide bonds. The third-order valence-electron chi connectivity index (χ3n) is 5.53. The number of phenols is 1. The topological polar surface area (TPSA) is 210 Å². The average Bonchev–Trinajstić information content (AvgIpc) is 3.28. The number of carboxylic acids is 1. The summed E-state index contributed by atoms with van der Waals surface area (Å²) >= 11 is 0. The van der Waals surface area contributed by atoms with Crippen molar-refractivity contribution in [2.24, 2.45) is 16.5 Å². The van der Waals surface area contributed by atoms with E-state index in [2.05, 4.69) is 15.6 Å². The van der Waals surface area contributed by atoms with Gasteiger partial charge < -0.3 is 42.0 Å². The number of hydrogen-bond acceptors (Lipinski definition) is 7. The van der Waals surface area contributed by atoms with Crippen LogP contribution in [-0.4, -0.2) is 75.7 Å². The summed E-state index contributed by atoms with van der Waals surface area (Å²) in [4.78, 5) is 56.0. The summed E-state index contributed by atoms with van der Waals surface area (Å²) in [7, 11) is 0. The number of nitrogens with two attached hydrogens (primary N) is 2. The summed E-state index contributed by atoms with van der Waals surface area (Å²) in [6.45, 7) is 5.49. The lowest BCUT2D eigenvalue weighted by molar-refractivity contribution is -0.144. The van der Waals surface area contributed by atoms with E-state index in [1.165, 1.54) is 29.2 Å². The number of ether oxygens (including phenoxy) is 1. The second-order valence-electron chi connectivity index (χ2n) is 9.71. The van der Waals surface area contributed by atoms with Gasteiger partial charge in [-0.05, 0) is 64.2 Å². The van der Waals surface area contributed by atoms with Gasteiger partial charge in [0.15, 0.2) is 5.96 Å². The van der Waals surface area contributed by atoms with E-state index in [1.807, 2.05) is 0 Å². The van der Waals surface area contributed by atoms with Crippen molar-refractivity contribution in [3.05, 3.63) is 29.8 Å². The molecule has 1 heterocycles. The number of aliphatic imine (C=N–C) groups is 1. The molecule has 0 radical (unpaired) electrons. The summed E-state index contributed by atoms with van der Waals surface area (Å²) in [5.41, 5.74) is 10.1. The molecule has 37 heavy (non-hydrogen) atoms. The predicted molar refractivity (Wildman–Crippen MR) is 134 cm³/mol. The van der Waals surface area contributed by atoms with Crippen molar-refractivity contribution in [1.29, 1.82) is 0 Å². The minimum absolute atomic E-state index is 0.0230. The van der Waals surface area contributed by atoms with E-state index in [1.54, 1.807) is 20.8 Å². The van der Waals surface area contributed by atoms with Crippen molar-refractivity contribution < 1.29 is 34.1 Å². The normalized spacial score (nSPS) is 16.8. The maximum atomic E-state index is 13.6.